The first kappa shape index (κ1) is 48.2. The van der Waals surface area contributed by atoms with Gasteiger partial charge in [0.1, 0.15) is 12.4 Å². The SMILES string of the molecule is C=CC.C=CC(=C)C.C=CC(=C)C.CCCC(COc1ccc(C)cc1)NC1CCC(CC2CCC(NC(=O)CCC3CCC(CC)CC3)CC2)CC1. The predicted molar refractivity (Wildman–Crippen MR) is 234 cm³/mol. The molecule has 0 aliphatic heterocycles. The van der Waals surface area contributed by atoms with Crippen molar-refractivity contribution in [1.29, 1.82) is 0 Å². The molecule has 300 valence electrons. The van der Waals surface area contributed by atoms with Gasteiger partial charge in [-0.1, -0.05) is 126 Å². The van der Waals surface area contributed by atoms with Crippen molar-refractivity contribution in [3.63, 3.8) is 0 Å². The number of hydrogen-bond donors (Lipinski definition) is 2. The highest BCUT2D eigenvalue weighted by Crippen LogP contribution is 2.36. The summed E-state index contributed by atoms with van der Waals surface area (Å²) in [6.07, 6.45) is 27.9. The van der Waals surface area contributed by atoms with Gasteiger partial charge < -0.3 is 15.4 Å². The fraction of sp³-hybridized carbons (Fsp3) is 0.653. The fourth-order valence-corrected chi connectivity index (χ4v) is 7.87. The molecule has 1 amide bonds. The van der Waals surface area contributed by atoms with Crippen LogP contribution in [0.5, 0.6) is 5.75 Å². The first-order chi connectivity index (χ1) is 25.5. The summed E-state index contributed by atoms with van der Waals surface area (Å²) in [7, 11) is 0. The number of aryl methyl sites for hydroxylation is 1. The first-order valence-corrected chi connectivity index (χ1v) is 21.3. The van der Waals surface area contributed by atoms with E-state index in [-0.39, 0.29) is 0 Å². The summed E-state index contributed by atoms with van der Waals surface area (Å²) >= 11 is 0. The van der Waals surface area contributed by atoms with E-state index in [0.717, 1.165) is 60.0 Å². The molecule has 0 heterocycles. The molecule has 1 aromatic carbocycles. The highest BCUT2D eigenvalue weighted by molar-refractivity contribution is 5.76. The van der Waals surface area contributed by atoms with Crippen LogP contribution in [0.2, 0.25) is 0 Å². The molecular formula is C49H82N2O2. The van der Waals surface area contributed by atoms with Gasteiger partial charge in [0.15, 0.2) is 0 Å². The van der Waals surface area contributed by atoms with E-state index in [2.05, 4.69) is 88.6 Å². The Morgan fingerprint density at radius 3 is 1.68 bits per heavy atom. The molecule has 4 heteroatoms. The van der Waals surface area contributed by atoms with Crippen molar-refractivity contribution in [2.45, 2.75) is 175 Å². The Hall–Kier alpha value is -2.85. The number of rotatable bonds is 16. The van der Waals surface area contributed by atoms with Gasteiger partial charge in [0.05, 0.1) is 0 Å². The standard InChI is InChI=1S/C36H60N2O2.2C5H8.C3H6/c1-4-6-34(26-40-35-22-7-27(3)8-23-35)37-32-18-13-30(14-19-32)25-31-15-20-33(21-16-31)38-36(39)24-17-29-11-9-28(5-2)10-12-29;2*1-4-5(2)3;1-3-2/h7-8,22-23,28-34,37H,4-6,9-21,24-26H2,1-3H3,(H,38,39);2*4H,1-2H2,3H3;3H,1H2,2H3. The van der Waals surface area contributed by atoms with Gasteiger partial charge in [-0.2, -0.15) is 0 Å². The highest BCUT2D eigenvalue weighted by atomic mass is 16.5. The number of amides is 1. The van der Waals surface area contributed by atoms with Crippen molar-refractivity contribution in [2.24, 2.45) is 23.7 Å². The number of allylic oxidation sites excluding steroid dienone is 5. The second kappa shape index (κ2) is 29.5. The lowest BCUT2D eigenvalue weighted by molar-refractivity contribution is -0.122. The number of carbonyl (C=O) groups excluding carboxylic acids is 1. The largest absolute Gasteiger partial charge is 0.492 e. The van der Waals surface area contributed by atoms with E-state index in [1.54, 1.807) is 18.2 Å². The van der Waals surface area contributed by atoms with Gasteiger partial charge in [-0.3, -0.25) is 4.79 Å². The van der Waals surface area contributed by atoms with Crippen LogP contribution in [0.15, 0.2) is 86.5 Å². The maximum Gasteiger partial charge on any atom is 0.220 e. The molecule has 1 unspecified atom stereocenters. The third-order valence-electron chi connectivity index (χ3n) is 11.3. The number of carbonyl (C=O) groups is 1. The maximum absolute atomic E-state index is 12.6. The molecule has 53 heavy (non-hydrogen) atoms. The van der Waals surface area contributed by atoms with Crippen LogP contribution in [0.1, 0.15) is 156 Å². The van der Waals surface area contributed by atoms with Crippen LogP contribution in [0, 0.1) is 30.6 Å². The predicted octanol–water partition coefficient (Wildman–Crippen LogP) is 13.4. The topological polar surface area (TPSA) is 50.4 Å². The Bertz CT molecular complexity index is 1130. The molecule has 0 radical (unpaired) electrons. The zero-order chi connectivity index (χ0) is 39.4. The van der Waals surface area contributed by atoms with E-state index >= 15 is 0 Å². The van der Waals surface area contributed by atoms with Gasteiger partial charge >= 0.3 is 0 Å². The fourth-order valence-electron chi connectivity index (χ4n) is 7.87. The average molecular weight is 731 g/mol. The minimum Gasteiger partial charge on any atom is -0.492 e. The minimum absolute atomic E-state index is 0.317. The Morgan fingerprint density at radius 2 is 1.23 bits per heavy atom. The summed E-state index contributed by atoms with van der Waals surface area (Å²) in [6.45, 7) is 30.6. The van der Waals surface area contributed by atoms with Gasteiger partial charge in [0.2, 0.25) is 5.91 Å². The van der Waals surface area contributed by atoms with Crippen molar-refractivity contribution in [1.82, 2.24) is 10.6 Å². The first-order valence-electron chi connectivity index (χ1n) is 21.3. The minimum atomic E-state index is 0.317. The molecule has 4 nitrogen and oxygen atoms in total. The Labute approximate surface area is 328 Å². The van der Waals surface area contributed by atoms with Gasteiger partial charge in [0, 0.05) is 24.5 Å². The smallest absolute Gasteiger partial charge is 0.220 e. The second-order valence-corrected chi connectivity index (χ2v) is 16.4. The maximum atomic E-state index is 12.6. The van der Waals surface area contributed by atoms with Crippen LogP contribution in [0.3, 0.4) is 0 Å². The van der Waals surface area contributed by atoms with Gasteiger partial charge in [-0.05, 0) is 134 Å². The molecule has 1 atom stereocenters. The highest BCUT2D eigenvalue weighted by Gasteiger charge is 2.29. The van der Waals surface area contributed by atoms with E-state index in [1.807, 2.05) is 20.8 Å². The van der Waals surface area contributed by atoms with E-state index in [4.69, 9.17) is 4.74 Å². The molecule has 1 aromatic rings. The zero-order valence-electron chi connectivity index (χ0n) is 35.4. The second-order valence-electron chi connectivity index (χ2n) is 16.4. The van der Waals surface area contributed by atoms with E-state index < -0.39 is 0 Å². The monoisotopic (exact) mass is 731 g/mol. The van der Waals surface area contributed by atoms with Crippen LogP contribution >= 0.6 is 0 Å². The van der Waals surface area contributed by atoms with E-state index in [9.17, 15) is 4.79 Å². The summed E-state index contributed by atoms with van der Waals surface area (Å²) in [5.41, 5.74) is 3.31. The lowest BCUT2D eigenvalue weighted by atomic mass is 9.75. The molecule has 4 rings (SSSR count). The lowest BCUT2D eigenvalue weighted by Gasteiger charge is -2.35. The molecule has 0 spiro atoms. The van der Waals surface area contributed by atoms with Crippen molar-refractivity contribution in [3.8, 4) is 5.75 Å². The summed E-state index contributed by atoms with van der Waals surface area (Å²) in [5, 5.41) is 7.36. The molecule has 3 saturated carbocycles. The summed E-state index contributed by atoms with van der Waals surface area (Å²) in [6, 6.07) is 9.94. The molecule has 0 saturated heterocycles. The van der Waals surface area contributed by atoms with Crippen molar-refractivity contribution >= 4 is 5.91 Å². The van der Waals surface area contributed by atoms with Crippen molar-refractivity contribution < 1.29 is 9.53 Å². The average Bonchev–Trinajstić information content (AvgIpc) is 3.16. The van der Waals surface area contributed by atoms with Crippen LogP contribution in [-0.4, -0.2) is 30.6 Å². The number of ether oxygens (including phenoxy) is 1. The van der Waals surface area contributed by atoms with Crippen LogP contribution in [-0.2, 0) is 4.79 Å². The quantitative estimate of drug-likeness (QED) is 0.131. The lowest BCUT2D eigenvalue weighted by Crippen LogP contribution is -2.43. The molecule has 2 N–H and O–H groups in total. The van der Waals surface area contributed by atoms with Gasteiger partial charge in [-0.25, -0.2) is 0 Å². The normalized spacial score (nSPS) is 24.1. The Morgan fingerprint density at radius 1 is 0.774 bits per heavy atom. The van der Waals surface area contributed by atoms with Gasteiger partial charge in [-0.15, -0.1) is 6.58 Å². The summed E-state index contributed by atoms with van der Waals surface area (Å²) in [5.74, 6) is 4.80. The molecule has 3 fully saturated rings. The van der Waals surface area contributed by atoms with Crippen LogP contribution < -0.4 is 15.4 Å². The van der Waals surface area contributed by atoms with Crippen LogP contribution in [0.4, 0.5) is 0 Å². The Kier molecular flexibility index (Phi) is 26.8. The van der Waals surface area contributed by atoms with Gasteiger partial charge in [0.25, 0.3) is 0 Å². The summed E-state index contributed by atoms with van der Waals surface area (Å²) < 4.78 is 6.13. The molecule has 3 aliphatic rings. The number of benzene rings is 1. The Balaban J connectivity index is 0.000000931. The van der Waals surface area contributed by atoms with E-state index in [0.29, 0.717) is 24.0 Å². The van der Waals surface area contributed by atoms with Crippen molar-refractivity contribution in [2.75, 3.05) is 6.61 Å². The van der Waals surface area contributed by atoms with Crippen LogP contribution in [0.25, 0.3) is 0 Å². The molecule has 3 aliphatic carbocycles. The molecule has 0 aromatic heterocycles. The third kappa shape index (κ3) is 23.5. The van der Waals surface area contributed by atoms with E-state index in [1.165, 1.54) is 108 Å². The number of hydrogen-bond acceptors (Lipinski definition) is 3. The molecular weight excluding hydrogens is 649 g/mol. The number of nitrogens with one attached hydrogen (secondary N) is 2. The van der Waals surface area contributed by atoms with Crippen molar-refractivity contribution in [3.05, 3.63) is 92.1 Å². The molecule has 0 bridgehead atoms. The zero-order valence-corrected chi connectivity index (χ0v) is 35.4. The summed E-state index contributed by atoms with van der Waals surface area (Å²) in [4.78, 5) is 12.6. The third-order valence-corrected chi connectivity index (χ3v) is 11.3.